The molecule has 0 bridgehead atoms. The minimum Gasteiger partial charge on any atom is -0.289 e. The topological polar surface area (TPSA) is 20.9 Å². The number of benzene rings is 2. The van der Waals surface area contributed by atoms with E-state index < -0.39 is 0 Å². The fourth-order valence-electron chi connectivity index (χ4n) is 2.44. The van der Waals surface area contributed by atoms with Crippen LogP contribution in [-0.4, -0.2) is 5.78 Å². The third-order valence-electron chi connectivity index (χ3n) is 3.66. The van der Waals surface area contributed by atoms with Gasteiger partial charge in [0.1, 0.15) is 0 Å². The Balaban J connectivity index is 1.72. The van der Waals surface area contributed by atoms with Crippen LogP contribution in [0.2, 0.25) is 5.02 Å². The summed E-state index contributed by atoms with van der Waals surface area (Å²) in [5, 5.41) is 0.624. The third kappa shape index (κ3) is 4.40. The number of pyridine rings is 1. The molecule has 1 heterocycles. The lowest BCUT2D eigenvalue weighted by atomic mass is 10.1. The molecule has 2 aromatic carbocycles. The summed E-state index contributed by atoms with van der Waals surface area (Å²) in [5.41, 5.74) is 3.07. The fraction of sp³-hybridized carbons (Fsp3) is 0.0476. The molecular formula is C21H17ClNO+. The van der Waals surface area contributed by atoms with E-state index in [2.05, 4.69) is 18.2 Å². The molecule has 0 radical (unpaired) electrons. The van der Waals surface area contributed by atoms with Gasteiger partial charge in [-0.1, -0.05) is 41.9 Å². The van der Waals surface area contributed by atoms with Gasteiger partial charge in [-0.15, -0.1) is 0 Å². The SMILES string of the molecule is O=C(/C=C\[n+]1cccc(Cc2ccccc2)c1)c1ccc(Cl)cc1. The number of allylic oxidation sites excluding steroid dienone is 1. The van der Waals surface area contributed by atoms with Crippen LogP contribution in [-0.2, 0) is 6.42 Å². The average Bonchev–Trinajstić information content (AvgIpc) is 2.61. The standard InChI is InChI=1S/C21H17ClNO/c22-20-10-8-19(9-11-20)21(24)12-14-23-13-4-7-18(16-23)15-17-5-2-1-3-6-17/h1-14,16H,15H2/q+1/b14-12-. The molecule has 0 atom stereocenters. The lowest BCUT2D eigenvalue weighted by molar-refractivity contribution is -0.568. The molecule has 1 aromatic heterocycles. The first-order valence-electron chi connectivity index (χ1n) is 7.72. The predicted octanol–water partition coefficient (Wildman–Crippen LogP) is 4.57. The van der Waals surface area contributed by atoms with Gasteiger partial charge in [0.05, 0.1) is 6.08 Å². The molecule has 0 unspecified atom stereocenters. The van der Waals surface area contributed by atoms with Crippen molar-refractivity contribution in [3.05, 3.63) is 107 Å². The maximum absolute atomic E-state index is 12.2. The van der Waals surface area contributed by atoms with E-state index in [1.54, 1.807) is 36.5 Å². The Morgan fingerprint density at radius 1 is 0.917 bits per heavy atom. The Morgan fingerprint density at radius 2 is 1.62 bits per heavy atom. The maximum atomic E-state index is 12.2. The molecule has 0 aliphatic rings. The lowest BCUT2D eigenvalue weighted by Gasteiger charge is -1.99. The Kier molecular flexibility index (Phi) is 5.19. The number of rotatable bonds is 5. The van der Waals surface area contributed by atoms with E-state index in [9.17, 15) is 4.79 Å². The van der Waals surface area contributed by atoms with Crippen molar-refractivity contribution in [2.75, 3.05) is 0 Å². The Morgan fingerprint density at radius 3 is 2.38 bits per heavy atom. The Bertz CT molecular complexity index is 855. The van der Waals surface area contributed by atoms with Gasteiger partial charge in [-0.3, -0.25) is 4.79 Å². The number of hydrogen-bond acceptors (Lipinski definition) is 1. The second-order valence-corrected chi connectivity index (χ2v) is 5.95. The summed E-state index contributed by atoms with van der Waals surface area (Å²) in [7, 11) is 0. The molecule has 2 nitrogen and oxygen atoms in total. The van der Waals surface area contributed by atoms with E-state index in [0.717, 1.165) is 6.42 Å². The number of hydrogen-bond donors (Lipinski definition) is 0. The summed E-state index contributed by atoms with van der Waals surface area (Å²) in [6.07, 6.45) is 8.14. The number of ketones is 1. The van der Waals surface area contributed by atoms with Crippen molar-refractivity contribution in [3.63, 3.8) is 0 Å². The summed E-state index contributed by atoms with van der Waals surface area (Å²) in [5.74, 6) is -0.0485. The minimum atomic E-state index is -0.0485. The molecule has 0 spiro atoms. The highest BCUT2D eigenvalue weighted by atomic mass is 35.5. The van der Waals surface area contributed by atoms with Crippen LogP contribution in [0.1, 0.15) is 21.5 Å². The zero-order valence-electron chi connectivity index (χ0n) is 13.1. The highest BCUT2D eigenvalue weighted by Gasteiger charge is 2.05. The van der Waals surface area contributed by atoms with Crippen molar-refractivity contribution >= 4 is 23.6 Å². The summed E-state index contributed by atoms with van der Waals surface area (Å²) >= 11 is 5.84. The first kappa shape index (κ1) is 16.2. The van der Waals surface area contributed by atoms with E-state index in [4.69, 9.17) is 11.6 Å². The van der Waals surface area contributed by atoms with Crippen LogP contribution < -0.4 is 4.57 Å². The molecule has 0 fully saturated rings. The summed E-state index contributed by atoms with van der Waals surface area (Å²) in [6, 6.07) is 21.3. The monoisotopic (exact) mass is 334 g/mol. The van der Waals surface area contributed by atoms with Crippen molar-refractivity contribution in [3.8, 4) is 0 Å². The Hall–Kier alpha value is -2.71. The molecular weight excluding hydrogens is 318 g/mol. The normalized spacial score (nSPS) is 10.9. The molecule has 0 aliphatic heterocycles. The molecule has 0 aliphatic carbocycles. The largest absolute Gasteiger partial charge is 0.289 e. The molecule has 3 rings (SSSR count). The van der Waals surface area contributed by atoms with Crippen LogP contribution >= 0.6 is 11.6 Å². The van der Waals surface area contributed by atoms with Gasteiger partial charge in [0.25, 0.3) is 0 Å². The van der Waals surface area contributed by atoms with E-state index in [1.165, 1.54) is 11.1 Å². The minimum absolute atomic E-state index is 0.0485. The third-order valence-corrected chi connectivity index (χ3v) is 3.91. The van der Waals surface area contributed by atoms with Crippen molar-refractivity contribution in [2.45, 2.75) is 6.42 Å². The van der Waals surface area contributed by atoms with Crippen LogP contribution in [0, 0.1) is 0 Å². The van der Waals surface area contributed by atoms with E-state index in [0.29, 0.717) is 10.6 Å². The van der Waals surface area contributed by atoms with Gasteiger partial charge in [-0.05, 0) is 35.9 Å². The van der Waals surface area contributed by atoms with Crippen molar-refractivity contribution in [1.29, 1.82) is 0 Å². The smallest absolute Gasteiger partial charge is 0.191 e. The van der Waals surface area contributed by atoms with Gasteiger partial charge < -0.3 is 0 Å². The quantitative estimate of drug-likeness (QED) is 0.380. The van der Waals surface area contributed by atoms with E-state index in [1.807, 2.05) is 41.2 Å². The molecule has 0 saturated carbocycles. The molecule has 0 saturated heterocycles. The summed E-state index contributed by atoms with van der Waals surface area (Å²) in [4.78, 5) is 12.2. The number of nitrogens with zero attached hydrogens (tertiary/aromatic N) is 1. The van der Waals surface area contributed by atoms with Crippen molar-refractivity contribution in [2.24, 2.45) is 0 Å². The van der Waals surface area contributed by atoms with Gasteiger partial charge in [0.15, 0.2) is 24.4 Å². The average molecular weight is 335 g/mol. The molecule has 0 amide bonds. The maximum Gasteiger partial charge on any atom is 0.191 e. The molecule has 0 N–H and O–H groups in total. The summed E-state index contributed by atoms with van der Waals surface area (Å²) in [6.45, 7) is 0. The number of halogens is 1. The summed E-state index contributed by atoms with van der Waals surface area (Å²) < 4.78 is 1.89. The molecule has 118 valence electrons. The van der Waals surface area contributed by atoms with Gasteiger partial charge >= 0.3 is 0 Å². The predicted molar refractivity (Wildman–Crippen MR) is 97.0 cm³/mol. The molecule has 3 heteroatoms. The van der Waals surface area contributed by atoms with Gasteiger partial charge in [0.2, 0.25) is 0 Å². The number of carbonyl (C=O) groups is 1. The van der Waals surface area contributed by atoms with Gasteiger partial charge in [0, 0.05) is 28.6 Å². The second kappa shape index (κ2) is 7.71. The Labute approximate surface area is 146 Å². The van der Waals surface area contributed by atoms with E-state index in [-0.39, 0.29) is 5.78 Å². The van der Waals surface area contributed by atoms with Gasteiger partial charge in [-0.25, -0.2) is 0 Å². The molecule has 24 heavy (non-hydrogen) atoms. The highest BCUT2D eigenvalue weighted by molar-refractivity contribution is 6.30. The second-order valence-electron chi connectivity index (χ2n) is 5.51. The van der Waals surface area contributed by atoms with E-state index >= 15 is 0 Å². The number of carbonyl (C=O) groups excluding carboxylic acids is 1. The first-order chi connectivity index (χ1) is 11.7. The van der Waals surface area contributed by atoms with Crippen LogP contribution in [0.15, 0.2) is 85.2 Å². The first-order valence-corrected chi connectivity index (χ1v) is 8.10. The van der Waals surface area contributed by atoms with Crippen molar-refractivity contribution in [1.82, 2.24) is 0 Å². The highest BCUT2D eigenvalue weighted by Crippen LogP contribution is 2.10. The van der Waals surface area contributed by atoms with Crippen LogP contribution in [0.3, 0.4) is 0 Å². The van der Waals surface area contributed by atoms with Gasteiger partial charge in [-0.2, -0.15) is 4.57 Å². The molecule has 3 aromatic rings. The zero-order valence-corrected chi connectivity index (χ0v) is 13.9. The van der Waals surface area contributed by atoms with Crippen LogP contribution in [0.25, 0.3) is 6.20 Å². The van der Waals surface area contributed by atoms with Crippen LogP contribution in [0.5, 0.6) is 0 Å². The number of aromatic nitrogens is 1. The lowest BCUT2D eigenvalue weighted by Crippen LogP contribution is -2.25. The van der Waals surface area contributed by atoms with Crippen LogP contribution in [0.4, 0.5) is 0 Å². The van der Waals surface area contributed by atoms with Crippen molar-refractivity contribution < 1.29 is 9.36 Å². The fourth-order valence-corrected chi connectivity index (χ4v) is 2.56. The zero-order chi connectivity index (χ0) is 16.8.